The second kappa shape index (κ2) is 4.78. The van der Waals surface area contributed by atoms with E-state index in [0.29, 0.717) is 32.5 Å². The predicted molar refractivity (Wildman–Crippen MR) is 69.9 cm³/mol. The second-order valence-corrected chi connectivity index (χ2v) is 5.68. The van der Waals surface area contributed by atoms with Gasteiger partial charge < -0.3 is 19.7 Å². The largest absolute Gasteiger partial charge is 0.508 e. The molecule has 1 aromatic rings. The van der Waals surface area contributed by atoms with Gasteiger partial charge in [0, 0.05) is 19.3 Å². The lowest BCUT2D eigenvalue weighted by Crippen LogP contribution is -2.44. The van der Waals surface area contributed by atoms with Crippen LogP contribution in [0.3, 0.4) is 0 Å². The van der Waals surface area contributed by atoms with Crippen molar-refractivity contribution in [3.8, 4) is 5.75 Å². The number of benzene rings is 1. The lowest BCUT2D eigenvalue weighted by Gasteiger charge is -2.40. The van der Waals surface area contributed by atoms with Crippen LogP contribution in [0.2, 0.25) is 0 Å². The van der Waals surface area contributed by atoms with E-state index in [1.807, 2.05) is 12.1 Å². The zero-order valence-electron chi connectivity index (χ0n) is 11.0. The first-order valence-corrected chi connectivity index (χ1v) is 6.88. The normalized spacial score (nSPS) is 24.7. The summed E-state index contributed by atoms with van der Waals surface area (Å²) in [5.41, 5.74) is 0.363. The van der Waals surface area contributed by atoms with E-state index in [4.69, 9.17) is 9.47 Å². The van der Waals surface area contributed by atoms with Gasteiger partial charge in [-0.3, -0.25) is 0 Å². The molecule has 0 aromatic heterocycles. The number of hydrogen-bond donors (Lipinski definition) is 2. The molecule has 0 bridgehead atoms. The minimum absolute atomic E-state index is 0.256. The van der Waals surface area contributed by atoms with Crippen LogP contribution in [0.15, 0.2) is 24.3 Å². The Hall–Kier alpha value is -1.10. The van der Waals surface area contributed by atoms with Crippen molar-refractivity contribution in [2.24, 2.45) is 0 Å². The summed E-state index contributed by atoms with van der Waals surface area (Å²) in [7, 11) is 0. The van der Waals surface area contributed by atoms with E-state index in [9.17, 15) is 10.2 Å². The molecule has 1 aromatic carbocycles. The molecule has 0 radical (unpaired) electrons. The fraction of sp³-hybridized carbons (Fsp3) is 0.600. The number of rotatable bonds is 2. The van der Waals surface area contributed by atoms with Crippen molar-refractivity contribution < 1.29 is 19.7 Å². The maximum Gasteiger partial charge on any atom is 0.168 e. The molecule has 1 saturated carbocycles. The van der Waals surface area contributed by atoms with Crippen molar-refractivity contribution in [2.75, 3.05) is 13.2 Å². The Morgan fingerprint density at radius 1 is 0.947 bits per heavy atom. The average molecular weight is 264 g/mol. The molecule has 2 fully saturated rings. The molecular formula is C15H20O4. The minimum atomic E-state index is -0.683. The molecule has 0 amide bonds. The third-order valence-electron chi connectivity index (χ3n) is 4.23. The van der Waals surface area contributed by atoms with Gasteiger partial charge in [-0.15, -0.1) is 0 Å². The van der Waals surface area contributed by atoms with Gasteiger partial charge in [0.25, 0.3) is 0 Å². The predicted octanol–water partition coefficient (Wildman–Crippen LogP) is 1.98. The summed E-state index contributed by atoms with van der Waals surface area (Å²) in [5.74, 6) is -0.174. The molecular weight excluding hydrogens is 244 g/mol. The number of phenolic OH excluding ortho intramolecular Hbond substituents is 1. The summed E-state index contributed by atoms with van der Waals surface area (Å²) in [5, 5.41) is 19.9. The van der Waals surface area contributed by atoms with Gasteiger partial charge in [0.1, 0.15) is 5.75 Å². The standard InChI is InChI=1S/C15H20O4/c16-13-3-1-12(2-4-13)11-14(17)5-7-15(8-6-14)18-9-10-19-15/h1-4,16-17H,5-11H2. The molecule has 2 aliphatic rings. The van der Waals surface area contributed by atoms with Crippen molar-refractivity contribution in [3.63, 3.8) is 0 Å². The highest BCUT2D eigenvalue weighted by molar-refractivity contribution is 5.27. The number of ether oxygens (including phenoxy) is 2. The number of aliphatic hydroxyl groups is 1. The molecule has 104 valence electrons. The van der Waals surface area contributed by atoms with Crippen LogP contribution in [0.4, 0.5) is 0 Å². The lowest BCUT2D eigenvalue weighted by molar-refractivity contribution is -0.202. The minimum Gasteiger partial charge on any atom is -0.508 e. The van der Waals surface area contributed by atoms with E-state index in [1.165, 1.54) is 0 Å². The highest BCUT2D eigenvalue weighted by Crippen LogP contribution is 2.41. The number of phenols is 1. The van der Waals surface area contributed by atoms with E-state index < -0.39 is 11.4 Å². The van der Waals surface area contributed by atoms with Crippen LogP contribution in [-0.2, 0) is 15.9 Å². The third-order valence-corrected chi connectivity index (χ3v) is 4.23. The Balaban J connectivity index is 1.63. The summed E-state index contributed by atoms with van der Waals surface area (Å²) in [6.45, 7) is 1.33. The average Bonchev–Trinajstić information content (AvgIpc) is 2.86. The van der Waals surface area contributed by atoms with Crippen LogP contribution < -0.4 is 0 Å². The van der Waals surface area contributed by atoms with Gasteiger partial charge in [0.15, 0.2) is 5.79 Å². The van der Waals surface area contributed by atoms with Gasteiger partial charge in [-0.2, -0.15) is 0 Å². The summed E-state index contributed by atoms with van der Waals surface area (Å²) in [6, 6.07) is 7.04. The van der Waals surface area contributed by atoms with Gasteiger partial charge in [0.05, 0.1) is 18.8 Å². The molecule has 0 atom stereocenters. The van der Waals surface area contributed by atoms with Crippen LogP contribution in [0.1, 0.15) is 31.2 Å². The van der Waals surface area contributed by atoms with E-state index in [-0.39, 0.29) is 5.75 Å². The molecule has 1 heterocycles. The molecule has 19 heavy (non-hydrogen) atoms. The summed E-state index contributed by atoms with van der Waals surface area (Å²) in [4.78, 5) is 0. The zero-order valence-corrected chi connectivity index (χ0v) is 11.0. The van der Waals surface area contributed by atoms with E-state index >= 15 is 0 Å². The highest BCUT2D eigenvalue weighted by atomic mass is 16.7. The molecule has 1 saturated heterocycles. The monoisotopic (exact) mass is 264 g/mol. The Labute approximate surface area is 113 Å². The number of aromatic hydroxyl groups is 1. The first kappa shape index (κ1) is 12.9. The maximum absolute atomic E-state index is 10.7. The number of hydrogen-bond acceptors (Lipinski definition) is 4. The van der Waals surface area contributed by atoms with Crippen molar-refractivity contribution in [1.29, 1.82) is 0 Å². The zero-order chi connectivity index (χ0) is 13.3. The smallest absolute Gasteiger partial charge is 0.168 e. The van der Waals surface area contributed by atoms with Crippen LogP contribution in [0, 0.1) is 0 Å². The van der Waals surface area contributed by atoms with Crippen LogP contribution in [0.25, 0.3) is 0 Å². The maximum atomic E-state index is 10.7. The van der Waals surface area contributed by atoms with Crippen molar-refractivity contribution in [2.45, 2.75) is 43.5 Å². The van der Waals surface area contributed by atoms with Gasteiger partial charge in [-0.1, -0.05) is 12.1 Å². The van der Waals surface area contributed by atoms with Gasteiger partial charge in [-0.05, 0) is 30.5 Å². The molecule has 2 N–H and O–H groups in total. The van der Waals surface area contributed by atoms with Crippen LogP contribution in [0.5, 0.6) is 5.75 Å². The summed E-state index contributed by atoms with van der Waals surface area (Å²) < 4.78 is 11.3. The van der Waals surface area contributed by atoms with Gasteiger partial charge >= 0.3 is 0 Å². The fourth-order valence-corrected chi connectivity index (χ4v) is 3.05. The Morgan fingerprint density at radius 2 is 1.53 bits per heavy atom. The molecule has 0 unspecified atom stereocenters. The third kappa shape index (κ3) is 2.76. The highest BCUT2D eigenvalue weighted by Gasteiger charge is 2.45. The molecule has 3 rings (SSSR count). The first-order valence-electron chi connectivity index (χ1n) is 6.88. The molecule has 4 nitrogen and oxygen atoms in total. The summed E-state index contributed by atoms with van der Waals surface area (Å²) in [6.07, 6.45) is 3.49. The Kier molecular flexibility index (Phi) is 3.25. The molecule has 4 heteroatoms. The van der Waals surface area contributed by atoms with Crippen molar-refractivity contribution in [1.82, 2.24) is 0 Å². The quantitative estimate of drug-likeness (QED) is 0.857. The van der Waals surface area contributed by atoms with Gasteiger partial charge in [-0.25, -0.2) is 0 Å². The lowest BCUT2D eigenvalue weighted by atomic mass is 9.78. The van der Waals surface area contributed by atoms with E-state index in [1.54, 1.807) is 12.1 Å². The van der Waals surface area contributed by atoms with Crippen LogP contribution >= 0.6 is 0 Å². The van der Waals surface area contributed by atoms with Gasteiger partial charge in [0.2, 0.25) is 0 Å². The van der Waals surface area contributed by atoms with Crippen molar-refractivity contribution in [3.05, 3.63) is 29.8 Å². The molecule has 1 aliphatic carbocycles. The van der Waals surface area contributed by atoms with E-state index in [2.05, 4.69) is 0 Å². The topological polar surface area (TPSA) is 58.9 Å². The summed E-state index contributed by atoms with van der Waals surface area (Å²) >= 11 is 0. The van der Waals surface area contributed by atoms with E-state index in [0.717, 1.165) is 18.4 Å². The second-order valence-electron chi connectivity index (χ2n) is 5.68. The SMILES string of the molecule is Oc1ccc(CC2(O)CCC3(CC2)OCCO3)cc1. The van der Waals surface area contributed by atoms with Crippen molar-refractivity contribution >= 4 is 0 Å². The van der Waals surface area contributed by atoms with Crippen LogP contribution in [-0.4, -0.2) is 34.8 Å². The first-order chi connectivity index (χ1) is 9.09. The fourth-order valence-electron chi connectivity index (χ4n) is 3.05. The molecule has 1 aliphatic heterocycles. The Morgan fingerprint density at radius 3 is 2.11 bits per heavy atom. The molecule has 1 spiro atoms. The Bertz CT molecular complexity index is 424.